The third kappa shape index (κ3) is 16.9. The van der Waals surface area contributed by atoms with E-state index in [-0.39, 0.29) is 58.7 Å². The first-order valence-electron chi connectivity index (χ1n) is 17.6. The summed E-state index contributed by atoms with van der Waals surface area (Å²) in [6.45, 7) is 15.3. The van der Waals surface area contributed by atoms with Crippen LogP contribution in [0.2, 0.25) is 0 Å². The molecule has 0 saturated carbocycles. The molecule has 1 rings (SSSR count). The summed E-state index contributed by atoms with van der Waals surface area (Å²) in [6, 6.07) is 9.61. The van der Waals surface area contributed by atoms with Crippen LogP contribution in [0, 0.1) is 29.6 Å². The molecule has 286 valence electrons. The molecule has 15 heteroatoms. The Morgan fingerprint density at radius 1 is 0.760 bits per heavy atom. The van der Waals surface area contributed by atoms with Crippen LogP contribution in [0.25, 0.3) is 0 Å². The lowest BCUT2D eigenvalue weighted by molar-refractivity contribution is -0.159. The minimum atomic E-state index is -3.66. The molecule has 1 aromatic rings. The summed E-state index contributed by atoms with van der Waals surface area (Å²) < 4.78 is 62.0. The molecule has 1 aromatic carbocycles. The topological polar surface area (TPSA) is 162 Å². The van der Waals surface area contributed by atoms with E-state index >= 15 is 0 Å². The van der Waals surface area contributed by atoms with Crippen molar-refractivity contribution < 1.29 is 55.4 Å². The molecule has 0 saturated heterocycles. The molecule has 0 aliphatic carbocycles. The molecular weight excluding hydrogens is 688 g/mol. The van der Waals surface area contributed by atoms with Crippen molar-refractivity contribution in [3.05, 3.63) is 48.6 Å². The number of rotatable bonds is 30. The number of ether oxygens (including phenoxy) is 1. The van der Waals surface area contributed by atoms with Crippen LogP contribution in [0.3, 0.4) is 0 Å². The van der Waals surface area contributed by atoms with Gasteiger partial charge in [-0.05, 0) is 77.2 Å². The Bertz CT molecular complexity index is 1200. The van der Waals surface area contributed by atoms with Crippen LogP contribution in [-0.4, -0.2) is 71.0 Å². The zero-order valence-electron chi connectivity index (χ0n) is 30.6. The Balaban J connectivity index is 3.06. The highest BCUT2D eigenvalue weighted by molar-refractivity contribution is 7.48. The molecule has 13 nitrogen and oxygen atoms in total. The van der Waals surface area contributed by atoms with Crippen molar-refractivity contribution in [2.45, 2.75) is 73.6 Å². The van der Waals surface area contributed by atoms with Gasteiger partial charge in [-0.3, -0.25) is 36.7 Å². The zero-order chi connectivity index (χ0) is 37.4. The molecule has 0 heterocycles. The number of phosphoric acid groups is 2. The van der Waals surface area contributed by atoms with E-state index in [0.717, 1.165) is 11.8 Å². The molecule has 0 spiro atoms. The maximum absolute atomic E-state index is 13.9. The van der Waals surface area contributed by atoms with Gasteiger partial charge in [0.05, 0.1) is 58.1 Å². The summed E-state index contributed by atoms with van der Waals surface area (Å²) in [6.07, 6.45) is 4.55. The summed E-state index contributed by atoms with van der Waals surface area (Å²) in [5, 5.41) is 2.90. The first-order chi connectivity index (χ1) is 23.9. The van der Waals surface area contributed by atoms with Gasteiger partial charge in [-0.1, -0.05) is 50.3 Å². The van der Waals surface area contributed by atoms with E-state index in [1.807, 2.05) is 37.3 Å². The van der Waals surface area contributed by atoms with Crippen molar-refractivity contribution in [2.24, 2.45) is 29.6 Å². The van der Waals surface area contributed by atoms with E-state index in [0.29, 0.717) is 32.1 Å². The third-order valence-corrected chi connectivity index (χ3v) is 11.1. The van der Waals surface area contributed by atoms with Gasteiger partial charge in [0.25, 0.3) is 0 Å². The van der Waals surface area contributed by atoms with Crippen LogP contribution in [0.15, 0.2) is 43.0 Å². The molecule has 0 fully saturated rings. The zero-order valence-corrected chi connectivity index (χ0v) is 32.4. The second-order valence-corrected chi connectivity index (χ2v) is 15.0. The SMILES string of the molecule is C=CC(C)C(C(=O)NCCCCOP(=O)(OCC)OCC)C(C(=O)OCCCCOP(=O)(OCC)OCC)C(C=O)C(C)Cc1ccccc1. The number of carbonyl (C=O) groups excluding carboxylic acids is 3. The molecule has 5 unspecified atom stereocenters. The maximum Gasteiger partial charge on any atom is 0.474 e. The maximum atomic E-state index is 13.9. The van der Waals surface area contributed by atoms with E-state index in [1.165, 1.54) is 0 Å². The lowest BCUT2D eigenvalue weighted by atomic mass is 9.70. The lowest BCUT2D eigenvalue weighted by Gasteiger charge is -2.34. The molecule has 0 aliphatic heterocycles. The quantitative estimate of drug-likeness (QED) is 0.0274. The molecule has 1 amide bonds. The van der Waals surface area contributed by atoms with E-state index in [2.05, 4.69) is 11.9 Å². The molecule has 50 heavy (non-hydrogen) atoms. The lowest BCUT2D eigenvalue weighted by Crippen LogP contribution is -2.47. The van der Waals surface area contributed by atoms with Gasteiger partial charge >= 0.3 is 21.6 Å². The molecule has 5 atom stereocenters. The molecule has 0 bridgehead atoms. The van der Waals surface area contributed by atoms with Gasteiger partial charge in [0.1, 0.15) is 6.29 Å². The van der Waals surface area contributed by atoms with Gasteiger partial charge in [-0.25, -0.2) is 9.13 Å². The number of aldehydes is 1. The number of benzene rings is 1. The number of unbranched alkanes of at least 4 members (excludes halogenated alkanes) is 2. The number of phosphoric ester groups is 2. The van der Waals surface area contributed by atoms with Gasteiger partial charge in [-0.2, -0.15) is 0 Å². The second-order valence-electron chi connectivity index (χ2n) is 11.6. The van der Waals surface area contributed by atoms with Crippen molar-refractivity contribution in [1.29, 1.82) is 0 Å². The number of esters is 1. The molecule has 1 N–H and O–H groups in total. The third-order valence-electron chi connectivity index (χ3n) is 7.83. The predicted octanol–water partition coefficient (Wildman–Crippen LogP) is 7.35. The van der Waals surface area contributed by atoms with E-state index in [1.54, 1.807) is 40.7 Å². The van der Waals surface area contributed by atoms with Crippen molar-refractivity contribution in [1.82, 2.24) is 5.32 Å². The van der Waals surface area contributed by atoms with Gasteiger partial charge in [-0.15, -0.1) is 6.58 Å². The number of hydrogen-bond acceptors (Lipinski definition) is 12. The van der Waals surface area contributed by atoms with Crippen LogP contribution in [-0.2, 0) is 61.8 Å². The Morgan fingerprint density at radius 3 is 1.74 bits per heavy atom. The van der Waals surface area contributed by atoms with Gasteiger partial charge in [0.2, 0.25) is 5.91 Å². The van der Waals surface area contributed by atoms with Crippen molar-refractivity contribution in [2.75, 3.05) is 52.8 Å². The van der Waals surface area contributed by atoms with Gasteiger partial charge in [0, 0.05) is 12.5 Å². The fourth-order valence-electron chi connectivity index (χ4n) is 5.35. The summed E-state index contributed by atoms with van der Waals surface area (Å²) >= 11 is 0. The highest BCUT2D eigenvalue weighted by Crippen LogP contribution is 2.50. The van der Waals surface area contributed by atoms with E-state index in [9.17, 15) is 23.5 Å². The van der Waals surface area contributed by atoms with Crippen LogP contribution >= 0.6 is 15.6 Å². The number of carbonyl (C=O) groups is 3. The Hall–Kier alpha value is -2.21. The number of allylic oxidation sites excluding steroid dienone is 1. The smallest absolute Gasteiger partial charge is 0.465 e. The molecular formula is C35H59NO12P2. The monoisotopic (exact) mass is 747 g/mol. The standard InChI is InChI=1S/C35H59NO12P2/c1-8-28(6)32(34(38)36-22-16-17-24-47-49(40,43-9-2)44-10-3)33(31(27-37)29(7)26-30-20-14-13-15-21-30)35(39)42-23-18-19-25-48-50(41,45-11-4)46-12-5/h8,13-15,20-21,27-29,31-33H,1,9-12,16-19,22-26H2,2-7H3,(H,36,38). The summed E-state index contributed by atoms with van der Waals surface area (Å²) in [4.78, 5) is 40.4. The van der Waals surface area contributed by atoms with Crippen molar-refractivity contribution in [3.63, 3.8) is 0 Å². The average Bonchev–Trinajstić information content (AvgIpc) is 3.08. The average molecular weight is 748 g/mol. The van der Waals surface area contributed by atoms with Crippen LogP contribution in [0.4, 0.5) is 0 Å². The molecule has 0 aromatic heterocycles. The number of hydrogen-bond donors (Lipinski definition) is 1. The fourth-order valence-corrected chi connectivity index (χ4v) is 7.77. The largest absolute Gasteiger partial charge is 0.474 e. The van der Waals surface area contributed by atoms with Gasteiger partial charge in [0.15, 0.2) is 0 Å². The van der Waals surface area contributed by atoms with E-state index < -0.39 is 51.2 Å². The highest BCUT2D eigenvalue weighted by atomic mass is 31.2. The minimum Gasteiger partial charge on any atom is -0.465 e. The first-order valence-corrected chi connectivity index (χ1v) is 20.5. The number of amides is 1. The Labute approximate surface area is 298 Å². The summed E-state index contributed by atoms with van der Waals surface area (Å²) in [5.74, 6) is -4.75. The fraction of sp³-hybridized carbons (Fsp3) is 0.686. The highest BCUT2D eigenvalue weighted by Gasteiger charge is 2.44. The van der Waals surface area contributed by atoms with Crippen molar-refractivity contribution >= 4 is 33.8 Å². The first kappa shape index (κ1) is 45.8. The van der Waals surface area contributed by atoms with Crippen LogP contribution < -0.4 is 5.32 Å². The second kappa shape index (κ2) is 25.7. The number of nitrogens with one attached hydrogen (secondary N) is 1. The predicted molar refractivity (Wildman–Crippen MR) is 191 cm³/mol. The molecule has 0 radical (unpaired) electrons. The van der Waals surface area contributed by atoms with Crippen LogP contribution in [0.1, 0.15) is 72.8 Å². The normalized spacial score (nSPS) is 15.0. The minimum absolute atomic E-state index is 0.00490. The summed E-state index contributed by atoms with van der Waals surface area (Å²) in [7, 11) is -7.30. The van der Waals surface area contributed by atoms with Gasteiger partial charge < -0.3 is 14.8 Å². The molecule has 0 aliphatic rings. The Kier molecular flexibility index (Phi) is 23.5. The Morgan fingerprint density at radius 2 is 1.26 bits per heavy atom. The summed E-state index contributed by atoms with van der Waals surface area (Å²) in [5.41, 5.74) is 0.994. The van der Waals surface area contributed by atoms with Crippen LogP contribution in [0.5, 0.6) is 0 Å². The van der Waals surface area contributed by atoms with Crippen molar-refractivity contribution in [3.8, 4) is 0 Å². The van der Waals surface area contributed by atoms with E-state index in [4.69, 9.17) is 31.9 Å².